The van der Waals surface area contributed by atoms with E-state index in [4.69, 9.17) is 16.3 Å². The normalized spacial score (nSPS) is 11.0. The van der Waals surface area contributed by atoms with Gasteiger partial charge in [-0.1, -0.05) is 58.6 Å². The number of hydrogen-bond acceptors (Lipinski definition) is 9. The number of aromatic nitrogens is 2. The number of nitrogens with one attached hydrogen (secondary N) is 1. The van der Waals surface area contributed by atoms with Crippen LogP contribution in [0.2, 0.25) is 5.02 Å². The molecule has 162 valence electrons. The lowest BCUT2D eigenvalue weighted by atomic mass is 10.2. The number of hydrogen-bond donors (Lipinski definition) is 2. The Morgan fingerprint density at radius 1 is 1.23 bits per heavy atom. The average molecular weight is 495 g/mol. The zero-order chi connectivity index (χ0) is 22.1. The number of phenolic OH excluding ortho intramolecular Hbond substituents is 1. The number of benzene rings is 2. The third-order valence-corrected chi connectivity index (χ3v) is 7.19. The van der Waals surface area contributed by atoms with Crippen molar-refractivity contribution >= 4 is 58.6 Å². The highest BCUT2D eigenvalue weighted by Crippen LogP contribution is 2.31. The first-order chi connectivity index (χ1) is 15.0. The summed E-state index contributed by atoms with van der Waals surface area (Å²) in [5, 5.41) is 22.6. The lowest BCUT2D eigenvalue weighted by Crippen LogP contribution is -2.19. The van der Waals surface area contributed by atoms with Gasteiger partial charge in [0.1, 0.15) is 0 Å². The van der Waals surface area contributed by atoms with Crippen LogP contribution in [0, 0.1) is 0 Å². The van der Waals surface area contributed by atoms with Crippen LogP contribution >= 0.6 is 46.5 Å². The molecular formula is C20H19ClN4O3S3. The summed E-state index contributed by atoms with van der Waals surface area (Å²) in [4.78, 5) is 12.0. The van der Waals surface area contributed by atoms with Gasteiger partial charge < -0.3 is 9.84 Å². The molecule has 1 aromatic heterocycles. The monoisotopic (exact) mass is 494 g/mol. The van der Waals surface area contributed by atoms with Crippen molar-refractivity contribution in [2.75, 3.05) is 12.4 Å². The molecule has 7 nitrogen and oxygen atoms in total. The molecule has 0 fully saturated rings. The summed E-state index contributed by atoms with van der Waals surface area (Å²) in [5.74, 6) is 1.12. The van der Waals surface area contributed by atoms with E-state index in [1.165, 1.54) is 35.4 Å². The van der Waals surface area contributed by atoms with Gasteiger partial charge in [-0.3, -0.25) is 4.79 Å². The zero-order valence-corrected chi connectivity index (χ0v) is 19.7. The maximum absolute atomic E-state index is 12.0. The van der Waals surface area contributed by atoms with E-state index in [0.29, 0.717) is 22.9 Å². The van der Waals surface area contributed by atoms with E-state index in [1.807, 2.05) is 31.2 Å². The summed E-state index contributed by atoms with van der Waals surface area (Å²) < 4.78 is 6.88. The molecule has 11 heteroatoms. The van der Waals surface area contributed by atoms with Crippen molar-refractivity contribution in [1.29, 1.82) is 0 Å². The van der Waals surface area contributed by atoms with E-state index in [9.17, 15) is 9.90 Å². The molecule has 0 unspecified atom stereocenters. The molecule has 3 rings (SSSR count). The summed E-state index contributed by atoms with van der Waals surface area (Å²) in [7, 11) is 0. The molecule has 0 bridgehead atoms. The molecule has 0 atom stereocenters. The van der Waals surface area contributed by atoms with E-state index < -0.39 is 0 Å². The molecule has 0 aliphatic carbocycles. The average Bonchev–Trinajstić information content (AvgIpc) is 3.22. The van der Waals surface area contributed by atoms with Crippen molar-refractivity contribution < 1.29 is 14.6 Å². The van der Waals surface area contributed by atoms with Gasteiger partial charge in [-0.15, -0.1) is 10.2 Å². The van der Waals surface area contributed by atoms with Crippen molar-refractivity contribution in [2.45, 2.75) is 21.4 Å². The molecular weight excluding hydrogens is 476 g/mol. The van der Waals surface area contributed by atoms with Crippen molar-refractivity contribution in [3.05, 3.63) is 58.6 Å². The fourth-order valence-corrected chi connectivity index (χ4v) is 5.15. The Labute approximate surface area is 197 Å². The molecule has 3 aromatic rings. The number of carbonyl (C=O) groups is 1. The van der Waals surface area contributed by atoms with Gasteiger partial charge in [0.25, 0.3) is 5.91 Å². The first-order valence-electron chi connectivity index (χ1n) is 9.14. The van der Waals surface area contributed by atoms with Crippen molar-refractivity contribution in [2.24, 2.45) is 5.10 Å². The van der Waals surface area contributed by atoms with Gasteiger partial charge in [0.15, 0.2) is 20.2 Å². The molecule has 0 saturated carbocycles. The van der Waals surface area contributed by atoms with Crippen LogP contribution in [0.25, 0.3) is 0 Å². The summed E-state index contributed by atoms with van der Waals surface area (Å²) in [6.07, 6.45) is 1.49. The summed E-state index contributed by atoms with van der Waals surface area (Å²) in [6, 6.07) is 12.5. The first-order valence-corrected chi connectivity index (χ1v) is 12.3. The zero-order valence-electron chi connectivity index (χ0n) is 16.4. The second kappa shape index (κ2) is 11.9. The molecule has 2 aromatic carbocycles. The fraction of sp³-hybridized carbons (Fsp3) is 0.200. The van der Waals surface area contributed by atoms with E-state index in [-0.39, 0.29) is 17.4 Å². The summed E-state index contributed by atoms with van der Waals surface area (Å²) in [5.41, 5.74) is 4.32. The van der Waals surface area contributed by atoms with Crippen LogP contribution in [0.5, 0.6) is 11.5 Å². The summed E-state index contributed by atoms with van der Waals surface area (Å²) >= 11 is 10.2. The van der Waals surface area contributed by atoms with Gasteiger partial charge in [-0.05, 0) is 48.4 Å². The molecule has 1 amide bonds. The third kappa shape index (κ3) is 7.73. The number of hydrazone groups is 1. The molecule has 0 radical (unpaired) electrons. The first kappa shape index (κ1) is 23.4. The van der Waals surface area contributed by atoms with Gasteiger partial charge in [0.05, 0.1) is 18.6 Å². The highest BCUT2D eigenvalue weighted by molar-refractivity contribution is 8.03. The number of nitrogens with zero attached hydrogens (tertiary/aromatic N) is 3. The standard InChI is InChI=1S/C20H19ClN4O3S3/c1-2-28-17-9-14(5-8-16(17)26)10-22-23-18(27)12-30-20-25-24-19(31-20)29-11-13-3-6-15(21)7-4-13/h3-10,26H,2,11-12H2,1H3,(H,23,27). The topological polar surface area (TPSA) is 96.7 Å². The van der Waals surface area contributed by atoms with Gasteiger partial charge in [0.2, 0.25) is 0 Å². The Bertz CT molecular complexity index is 1040. The molecule has 2 N–H and O–H groups in total. The Morgan fingerprint density at radius 3 is 2.71 bits per heavy atom. The van der Waals surface area contributed by atoms with Crippen molar-refractivity contribution in [3.63, 3.8) is 0 Å². The second-order valence-electron chi connectivity index (χ2n) is 5.99. The van der Waals surface area contributed by atoms with Crippen LogP contribution in [-0.4, -0.2) is 39.8 Å². The Hall–Kier alpha value is -2.27. The lowest BCUT2D eigenvalue weighted by molar-refractivity contribution is -0.118. The predicted octanol–water partition coefficient (Wildman–Crippen LogP) is 4.83. The highest BCUT2D eigenvalue weighted by atomic mass is 35.5. The molecule has 0 aliphatic rings. The molecule has 0 aliphatic heterocycles. The third-order valence-electron chi connectivity index (χ3n) is 3.68. The number of aromatic hydroxyl groups is 1. The maximum atomic E-state index is 12.0. The minimum Gasteiger partial charge on any atom is -0.504 e. The van der Waals surface area contributed by atoms with Gasteiger partial charge >= 0.3 is 0 Å². The van der Waals surface area contributed by atoms with E-state index >= 15 is 0 Å². The lowest BCUT2D eigenvalue weighted by Gasteiger charge is -2.05. The van der Waals surface area contributed by atoms with Crippen LogP contribution in [0.3, 0.4) is 0 Å². The molecule has 0 saturated heterocycles. The van der Waals surface area contributed by atoms with Crippen LogP contribution in [-0.2, 0) is 10.5 Å². The maximum Gasteiger partial charge on any atom is 0.250 e. The van der Waals surface area contributed by atoms with E-state index in [0.717, 1.165) is 20.0 Å². The van der Waals surface area contributed by atoms with Crippen LogP contribution in [0.1, 0.15) is 18.1 Å². The van der Waals surface area contributed by atoms with Crippen LogP contribution in [0.15, 0.2) is 56.2 Å². The van der Waals surface area contributed by atoms with E-state index in [2.05, 4.69) is 20.7 Å². The summed E-state index contributed by atoms with van der Waals surface area (Å²) in [6.45, 7) is 2.27. The van der Waals surface area contributed by atoms with E-state index in [1.54, 1.807) is 23.9 Å². The van der Waals surface area contributed by atoms with Crippen LogP contribution < -0.4 is 10.2 Å². The van der Waals surface area contributed by atoms with Crippen molar-refractivity contribution in [3.8, 4) is 11.5 Å². The number of rotatable bonds is 10. The van der Waals surface area contributed by atoms with Gasteiger partial charge in [-0.2, -0.15) is 5.10 Å². The number of ether oxygens (including phenoxy) is 1. The minimum atomic E-state index is -0.254. The smallest absolute Gasteiger partial charge is 0.250 e. The van der Waals surface area contributed by atoms with Crippen LogP contribution in [0.4, 0.5) is 0 Å². The quantitative estimate of drug-likeness (QED) is 0.236. The molecule has 1 heterocycles. The Balaban J connectivity index is 1.42. The van der Waals surface area contributed by atoms with Crippen molar-refractivity contribution in [1.82, 2.24) is 15.6 Å². The predicted molar refractivity (Wildman–Crippen MR) is 127 cm³/mol. The molecule has 0 spiro atoms. The number of phenols is 1. The number of thioether (sulfide) groups is 2. The number of amides is 1. The van der Waals surface area contributed by atoms with Gasteiger partial charge in [-0.25, -0.2) is 5.43 Å². The molecule has 31 heavy (non-hydrogen) atoms. The number of carbonyl (C=O) groups excluding carboxylic acids is 1. The van der Waals surface area contributed by atoms with Gasteiger partial charge in [0, 0.05) is 10.8 Å². The number of halogens is 1. The minimum absolute atomic E-state index is 0.0576. The fourth-order valence-electron chi connectivity index (χ4n) is 2.26. The SMILES string of the molecule is CCOc1cc(C=NNC(=O)CSc2nnc(SCc3ccc(Cl)cc3)s2)ccc1O. The second-order valence-corrected chi connectivity index (χ2v) is 9.85. The highest BCUT2D eigenvalue weighted by Gasteiger charge is 2.09. The Kier molecular flexibility index (Phi) is 9.01. The largest absolute Gasteiger partial charge is 0.504 e. The Morgan fingerprint density at radius 2 is 1.97 bits per heavy atom.